The molecule has 0 aromatic rings. The molecule has 0 aliphatic heterocycles. The Labute approximate surface area is 109 Å². The van der Waals surface area contributed by atoms with Gasteiger partial charge in [-0.15, -0.1) is 0 Å². The highest BCUT2D eigenvalue weighted by Gasteiger charge is 2.45. The molecule has 0 aromatic carbocycles. The molecule has 0 spiro atoms. The molecule has 0 N–H and O–H groups in total. The van der Waals surface area contributed by atoms with E-state index in [4.69, 9.17) is 4.74 Å². The summed E-state index contributed by atoms with van der Waals surface area (Å²) in [4.78, 5) is 24.0. The molecule has 0 aromatic heterocycles. The Hall–Kier alpha value is -0.900. The number of carbonyl (C=O) groups is 2. The van der Waals surface area contributed by atoms with Gasteiger partial charge in [-0.3, -0.25) is 9.59 Å². The minimum absolute atomic E-state index is 0.122. The summed E-state index contributed by atoms with van der Waals surface area (Å²) in [5.41, 5.74) is -0.769. The molecule has 0 radical (unpaired) electrons. The van der Waals surface area contributed by atoms with Crippen LogP contribution in [0.3, 0.4) is 0 Å². The van der Waals surface area contributed by atoms with E-state index in [0.29, 0.717) is 25.4 Å². The van der Waals surface area contributed by atoms with Gasteiger partial charge in [0.2, 0.25) is 0 Å². The molecule has 1 aliphatic rings. The molecule has 104 valence electrons. The molecule has 1 aliphatic carbocycles. The third kappa shape index (κ3) is 3.10. The van der Waals surface area contributed by atoms with E-state index in [0.717, 1.165) is 12.8 Å². The van der Waals surface area contributed by atoms with Crippen molar-refractivity contribution in [3.63, 3.8) is 0 Å². The van der Waals surface area contributed by atoms with Gasteiger partial charge in [0, 0.05) is 6.61 Å². The normalized spacial score (nSPS) is 29.7. The quantitative estimate of drug-likeness (QED) is 0.559. The number of hydrogen-bond acceptors (Lipinski definition) is 4. The van der Waals surface area contributed by atoms with E-state index < -0.39 is 17.5 Å². The van der Waals surface area contributed by atoms with Crippen molar-refractivity contribution in [1.29, 1.82) is 0 Å². The van der Waals surface area contributed by atoms with Crippen molar-refractivity contribution in [2.24, 2.45) is 11.8 Å². The summed E-state index contributed by atoms with van der Waals surface area (Å²) in [5, 5.41) is 0. The van der Waals surface area contributed by atoms with Gasteiger partial charge in [0.25, 0.3) is 0 Å². The van der Waals surface area contributed by atoms with Crippen LogP contribution in [0.15, 0.2) is 0 Å². The second kappa shape index (κ2) is 6.32. The number of esters is 1. The Kier molecular flexibility index (Phi) is 5.32. The lowest BCUT2D eigenvalue weighted by Crippen LogP contribution is -2.49. The second-order valence-electron chi connectivity index (χ2n) is 5.22. The van der Waals surface area contributed by atoms with Crippen LogP contribution in [0.5, 0.6) is 0 Å². The standard InChI is InChI=1S/C14H24O4/c1-5-18-14(8-6-10(2)7-9-14)12(15)11(3)13(16)17-4/h10-11H,5-9H2,1-4H3. The molecule has 0 saturated heterocycles. The molecule has 4 heteroatoms. The predicted molar refractivity (Wildman–Crippen MR) is 68.2 cm³/mol. The zero-order valence-electron chi connectivity index (χ0n) is 11.8. The van der Waals surface area contributed by atoms with Gasteiger partial charge in [0.05, 0.1) is 7.11 Å². The number of hydrogen-bond donors (Lipinski definition) is 0. The summed E-state index contributed by atoms with van der Waals surface area (Å²) in [6.45, 7) is 6.17. The maximum atomic E-state index is 12.5. The van der Waals surface area contributed by atoms with Gasteiger partial charge in [-0.2, -0.15) is 0 Å². The highest BCUT2D eigenvalue weighted by molar-refractivity contribution is 6.03. The predicted octanol–water partition coefficient (Wildman–Crippen LogP) is 2.35. The Morgan fingerprint density at radius 2 is 1.89 bits per heavy atom. The molecule has 0 heterocycles. The second-order valence-corrected chi connectivity index (χ2v) is 5.22. The largest absolute Gasteiger partial charge is 0.468 e. The molecular weight excluding hydrogens is 232 g/mol. The lowest BCUT2D eigenvalue weighted by molar-refractivity contribution is -0.162. The Bertz CT molecular complexity index is 303. The molecule has 1 rings (SSSR count). The van der Waals surface area contributed by atoms with Gasteiger partial charge in [-0.25, -0.2) is 0 Å². The van der Waals surface area contributed by atoms with E-state index in [2.05, 4.69) is 11.7 Å². The SMILES string of the molecule is CCOC1(C(=O)C(C)C(=O)OC)CCC(C)CC1. The lowest BCUT2D eigenvalue weighted by Gasteiger charge is -2.38. The van der Waals surface area contributed by atoms with Crippen molar-refractivity contribution in [2.75, 3.05) is 13.7 Å². The van der Waals surface area contributed by atoms with Crippen LogP contribution in [-0.2, 0) is 19.1 Å². The molecule has 4 nitrogen and oxygen atoms in total. The average molecular weight is 256 g/mol. The van der Waals surface area contributed by atoms with Crippen LogP contribution in [0.2, 0.25) is 0 Å². The van der Waals surface area contributed by atoms with Crippen molar-refractivity contribution >= 4 is 11.8 Å². The number of methoxy groups -OCH3 is 1. The fraction of sp³-hybridized carbons (Fsp3) is 0.857. The van der Waals surface area contributed by atoms with Gasteiger partial charge in [-0.05, 0) is 45.4 Å². The van der Waals surface area contributed by atoms with Crippen LogP contribution in [0.4, 0.5) is 0 Å². The van der Waals surface area contributed by atoms with Crippen LogP contribution in [0.25, 0.3) is 0 Å². The molecule has 1 unspecified atom stereocenters. The summed E-state index contributed by atoms with van der Waals surface area (Å²) in [6.07, 6.45) is 3.36. The minimum atomic E-state index is -0.769. The maximum Gasteiger partial charge on any atom is 0.316 e. The monoisotopic (exact) mass is 256 g/mol. The molecular formula is C14H24O4. The zero-order valence-corrected chi connectivity index (χ0v) is 11.8. The molecule has 18 heavy (non-hydrogen) atoms. The van der Waals surface area contributed by atoms with Crippen molar-refractivity contribution in [2.45, 2.75) is 52.1 Å². The third-order valence-corrected chi connectivity index (χ3v) is 3.90. The Morgan fingerprint density at radius 1 is 1.33 bits per heavy atom. The van der Waals surface area contributed by atoms with Crippen molar-refractivity contribution in [3.05, 3.63) is 0 Å². The van der Waals surface area contributed by atoms with Crippen molar-refractivity contribution in [3.8, 4) is 0 Å². The summed E-state index contributed by atoms with van der Waals surface area (Å²) in [5.74, 6) is -0.712. The van der Waals surface area contributed by atoms with Crippen molar-refractivity contribution < 1.29 is 19.1 Å². The average Bonchev–Trinajstić information content (AvgIpc) is 2.39. The summed E-state index contributed by atoms with van der Waals surface area (Å²) < 4.78 is 10.4. The number of ether oxygens (including phenoxy) is 2. The van der Waals surface area contributed by atoms with Gasteiger partial charge in [0.15, 0.2) is 5.78 Å². The number of rotatable bonds is 5. The number of ketones is 1. The van der Waals surface area contributed by atoms with Crippen LogP contribution >= 0.6 is 0 Å². The van der Waals surface area contributed by atoms with Gasteiger partial charge >= 0.3 is 5.97 Å². The first-order valence-corrected chi connectivity index (χ1v) is 6.73. The fourth-order valence-electron chi connectivity index (χ4n) is 2.64. The van der Waals surface area contributed by atoms with Gasteiger partial charge in [0.1, 0.15) is 11.5 Å². The molecule has 1 saturated carbocycles. The molecule has 0 bridgehead atoms. The lowest BCUT2D eigenvalue weighted by atomic mass is 9.74. The summed E-state index contributed by atoms with van der Waals surface area (Å²) >= 11 is 0. The number of carbonyl (C=O) groups excluding carboxylic acids is 2. The van der Waals surface area contributed by atoms with E-state index in [1.165, 1.54) is 7.11 Å². The smallest absolute Gasteiger partial charge is 0.316 e. The van der Waals surface area contributed by atoms with E-state index in [1.807, 2.05) is 6.92 Å². The fourth-order valence-corrected chi connectivity index (χ4v) is 2.64. The van der Waals surface area contributed by atoms with E-state index in [1.54, 1.807) is 6.92 Å². The number of Topliss-reactive ketones (excluding diaryl/α,β-unsaturated/α-hetero) is 1. The van der Waals surface area contributed by atoms with Gasteiger partial charge < -0.3 is 9.47 Å². The van der Waals surface area contributed by atoms with E-state index in [-0.39, 0.29) is 5.78 Å². The maximum absolute atomic E-state index is 12.5. The minimum Gasteiger partial charge on any atom is -0.468 e. The van der Waals surface area contributed by atoms with Crippen LogP contribution in [-0.4, -0.2) is 31.1 Å². The first-order valence-electron chi connectivity index (χ1n) is 6.73. The highest BCUT2D eigenvalue weighted by atomic mass is 16.5. The zero-order chi connectivity index (χ0) is 13.8. The van der Waals surface area contributed by atoms with Crippen LogP contribution in [0, 0.1) is 11.8 Å². The van der Waals surface area contributed by atoms with E-state index in [9.17, 15) is 9.59 Å². The molecule has 1 atom stereocenters. The highest BCUT2D eigenvalue weighted by Crippen LogP contribution is 2.37. The molecule has 1 fully saturated rings. The van der Waals surface area contributed by atoms with Crippen molar-refractivity contribution in [1.82, 2.24) is 0 Å². The van der Waals surface area contributed by atoms with Crippen LogP contribution < -0.4 is 0 Å². The Balaban J connectivity index is 2.84. The first kappa shape index (κ1) is 15.2. The third-order valence-electron chi connectivity index (χ3n) is 3.90. The van der Waals surface area contributed by atoms with E-state index >= 15 is 0 Å². The Morgan fingerprint density at radius 3 is 2.33 bits per heavy atom. The molecule has 0 amide bonds. The summed E-state index contributed by atoms with van der Waals surface area (Å²) in [7, 11) is 1.31. The summed E-state index contributed by atoms with van der Waals surface area (Å²) in [6, 6.07) is 0. The first-order chi connectivity index (χ1) is 8.46. The topological polar surface area (TPSA) is 52.6 Å². The van der Waals surface area contributed by atoms with Crippen LogP contribution in [0.1, 0.15) is 46.5 Å². The van der Waals surface area contributed by atoms with Gasteiger partial charge in [-0.1, -0.05) is 6.92 Å².